The van der Waals surface area contributed by atoms with E-state index in [4.69, 9.17) is 4.74 Å². The summed E-state index contributed by atoms with van der Waals surface area (Å²) in [6.07, 6.45) is 1.99. The van der Waals surface area contributed by atoms with Gasteiger partial charge in [0, 0.05) is 7.11 Å². The molecule has 1 aliphatic rings. The molecule has 1 amide bonds. The van der Waals surface area contributed by atoms with Gasteiger partial charge in [0.15, 0.2) is 5.82 Å². The topological polar surface area (TPSA) is 109 Å². The molecule has 2 N–H and O–H groups in total. The molecule has 23 heavy (non-hydrogen) atoms. The summed E-state index contributed by atoms with van der Waals surface area (Å²) in [5.74, 6) is 1.44. The maximum atomic E-state index is 12.2. The molecule has 2 aromatic heterocycles. The fourth-order valence-corrected chi connectivity index (χ4v) is 3.37. The Morgan fingerprint density at radius 3 is 3.13 bits per heavy atom. The van der Waals surface area contributed by atoms with Gasteiger partial charge in [0.2, 0.25) is 11.0 Å². The number of hydrogen-bond donors (Lipinski definition) is 2. The van der Waals surface area contributed by atoms with Gasteiger partial charge in [-0.1, -0.05) is 11.3 Å². The van der Waals surface area contributed by atoms with Crippen LogP contribution in [-0.4, -0.2) is 56.4 Å². The minimum Gasteiger partial charge on any atom is -0.377 e. The number of nitrogens with one attached hydrogen (secondary N) is 2. The Morgan fingerprint density at radius 2 is 2.39 bits per heavy atom. The van der Waals surface area contributed by atoms with Gasteiger partial charge in [-0.15, -0.1) is 10.2 Å². The monoisotopic (exact) mass is 337 g/mol. The van der Waals surface area contributed by atoms with Crippen molar-refractivity contribution in [1.29, 1.82) is 0 Å². The largest absolute Gasteiger partial charge is 0.377 e. The smallest absolute Gasteiger partial charge is 0.240 e. The standard InChI is InChI=1S/C13H19N7O2S/c1-8-14-12(18-16-8)9-4-3-5-20(9)6-10(21)15-13-19-17-11(23-13)7-22-2/h9H,3-7H2,1-2H3,(H,14,16,18)(H,15,19,21). The molecule has 1 saturated heterocycles. The van der Waals surface area contributed by atoms with E-state index in [-0.39, 0.29) is 18.5 Å². The molecule has 0 spiro atoms. The highest BCUT2D eigenvalue weighted by atomic mass is 32.1. The van der Waals surface area contributed by atoms with Crippen LogP contribution in [0, 0.1) is 6.92 Å². The zero-order valence-corrected chi connectivity index (χ0v) is 13.9. The molecule has 10 heteroatoms. The molecule has 0 aromatic carbocycles. The van der Waals surface area contributed by atoms with Gasteiger partial charge in [-0.05, 0) is 26.3 Å². The molecule has 2 aromatic rings. The molecule has 1 unspecified atom stereocenters. The Kier molecular flexibility index (Phi) is 4.94. The predicted molar refractivity (Wildman–Crippen MR) is 83.9 cm³/mol. The molecule has 9 nitrogen and oxygen atoms in total. The summed E-state index contributed by atoms with van der Waals surface area (Å²) in [5.41, 5.74) is 0. The van der Waals surface area contributed by atoms with Crippen LogP contribution >= 0.6 is 11.3 Å². The Hall–Kier alpha value is -1.91. The number of carbonyl (C=O) groups is 1. The molecule has 0 bridgehead atoms. The van der Waals surface area contributed by atoms with Crippen LogP contribution in [0.2, 0.25) is 0 Å². The molecule has 3 heterocycles. The number of aromatic amines is 1. The minimum absolute atomic E-state index is 0.0872. The van der Waals surface area contributed by atoms with Gasteiger partial charge in [0.25, 0.3) is 0 Å². The Balaban J connectivity index is 1.58. The summed E-state index contributed by atoms with van der Waals surface area (Å²) in [6.45, 7) is 3.41. The summed E-state index contributed by atoms with van der Waals surface area (Å²) in [7, 11) is 1.60. The first-order valence-corrected chi connectivity index (χ1v) is 8.21. The number of ether oxygens (including phenoxy) is 1. The average molecular weight is 337 g/mol. The summed E-state index contributed by atoms with van der Waals surface area (Å²) < 4.78 is 4.99. The average Bonchev–Trinajstić information content (AvgIpc) is 3.21. The van der Waals surface area contributed by atoms with E-state index in [0.29, 0.717) is 11.7 Å². The number of nitrogens with zero attached hydrogens (tertiary/aromatic N) is 5. The maximum absolute atomic E-state index is 12.2. The second-order valence-electron chi connectivity index (χ2n) is 5.39. The highest BCUT2D eigenvalue weighted by Gasteiger charge is 2.30. The van der Waals surface area contributed by atoms with E-state index >= 15 is 0 Å². The van der Waals surface area contributed by atoms with Crippen LogP contribution in [0.25, 0.3) is 0 Å². The maximum Gasteiger partial charge on any atom is 0.240 e. The van der Waals surface area contributed by atoms with Crippen molar-refractivity contribution in [1.82, 2.24) is 30.3 Å². The van der Waals surface area contributed by atoms with Gasteiger partial charge < -0.3 is 4.74 Å². The van der Waals surface area contributed by atoms with Crippen molar-refractivity contribution in [2.24, 2.45) is 0 Å². The Labute approximate surface area is 137 Å². The fourth-order valence-electron chi connectivity index (χ4n) is 2.65. The fraction of sp³-hybridized carbons (Fsp3) is 0.615. The second-order valence-corrected chi connectivity index (χ2v) is 6.45. The van der Waals surface area contributed by atoms with Gasteiger partial charge in [0.1, 0.15) is 17.4 Å². The molecular weight excluding hydrogens is 318 g/mol. The third-order valence-corrected chi connectivity index (χ3v) is 4.42. The molecule has 1 aliphatic heterocycles. The molecule has 124 valence electrons. The first-order valence-electron chi connectivity index (χ1n) is 7.40. The van der Waals surface area contributed by atoms with Crippen LogP contribution in [0.4, 0.5) is 5.13 Å². The van der Waals surface area contributed by atoms with E-state index in [2.05, 4.69) is 35.6 Å². The normalized spacial score (nSPS) is 18.4. The van der Waals surface area contributed by atoms with Crippen molar-refractivity contribution in [3.63, 3.8) is 0 Å². The van der Waals surface area contributed by atoms with Crippen LogP contribution < -0.4 is 5.32 Å². The molecule has 1 fully saturated rings. The molecular formula is C13H19N7O2S. The SMILES string of the molecule is COCc1nnc(NC(=O)CN2CCCC2c2n[nH]c(C)n2)s1. The van der Waals surface area contributed by atoms with Crippen LogP contribution in [0.1, 0.15) is 35.5 Å². The lowest BCUT2D eigenvalue weighted by molar-refractivity contribution is -0.117. The number of amides is 1. The third-order valence-electron chi connectivity index (χ3n) is 3.60. The van der Waals surface area contributed by atoms with E-state index in [1.54, 1.807) is 7.11 Å². The van der Waals surface area contributed by atoms with Crippen LogP contribution in [0.15, 0.2) is 0 Å². The zero-order chi connectivity index (χ0) is 16.2. The van der Waals surface area contributed by atoms with E-state index in [0.717, 1.165) is 36.0 Å². The van der Waals surface area contributed by atoms with Crippen molar-refractivity contribution in [3.8, 4) is 0 Å². The molecule has 0 aliphatic carbocycles. The lowest BCUT2D eigenvalue weighted by atomic mass is 10.2. The highest BCUT2D eigenvalue weighted by molar-refractivity contribution is 7.15. The molecule has 0 saturated carbocycles. The van der Waals surface area contributed by atoms with Gasteiger partial charge >= 0.3 is 0 Å². The third kappa shape index (κ3) is 3.89. The number of aryl methyl sites for hydroxylation is 1. The van der Waals surface area contributed by atoms with Crippen molar-refractivity contribution in [2.75, 3.05) is 25.5 Å². The Bertz CT molecular complexity index is 671. The zero-order valence-electron chi connectivity index (χ0n) is 13.1. The van der Waals surface area contributed by atoms with Gasteiger partial charge in [-0.25, -0.2) is 4.98 Å². The lowest BCUT2D eigenvalue weighted by Crippen LogP contribution is -2.33. The second kappa shape index (κ2) is 7.11. The van der Waals surface area contributed by atoms with E-state index < -0.39 is 0 Å². The van der Waals surface area contributed by atoms with Gasteiger partial charge in [-0.2, -0.15) is 5.10 Å². The lowest BCUT2D eigenvalue weighted by Gasteiger charge is -2.20. The molecule has 0 radical (unpaired) electrons. The summed E-state index contributed by atoms with van der Waals surface area (Å²) >= 11 is 1.32. The summed E-state index contributed by atoms with van der Waals surface area (Å²) in [5, 5.41) is 19.0. The van der Waals surface area contributed by atoms with Crippen LogP contribution in [0.3, 0.4) is 0 Å². The molecule has 3 rings (SSSR count). The van der Waals surface area contributed by atoms with Gasteiger partial charge in [0.05, 0.1) is 12.6 Å². The number of methoxy groups -OCH3 is 1. The van der Waals surface area contributed by atoms with Crippen molar-refractivity contribution in [3.05, 3.63) is 16.7 Å². The van der Waals surface area contributed by atoms with Crippen molar-refractivity contribution >= 4 is 22.4 Å². The van der Waals surface area contributed by atoms with E-state index in [1.807, 2.05) is 6.92 Å². The number of anilines is 1. The van der Waals surface area contributed by atoms with E-state index in [9.17, 15) is 4.79 Å². The summed E-state index contributed by atoms with van der Waals surface area (Å²) in [4.78, 5) is 18.7. The van der Waals surface area contributed by atoms with E-state index in [1.165, 1.54) is 11.3 Å². The first-order chi connectivity index (χ1) is 11.2. The highest BCUT2D eigenvalue weighted by Crippen LogP contribution is 2.29. The van der Waals surface area contributed by atoms with Crippen LogP contribution in [-0.2, 0) is 16.1 Å². The minimum atomic E-state index is -0.107. The van der Waals surface area contributed by atoms with Crippen LogP contribution in [0.5, 0.6) is 0 Å². The van der Waals surface area contributed by atoms with Gasteiger partial charge in [-0.3, -0.25) is 20.1 Å². The number of H-pyrrole nitrogens is 1. The number of carbonyl (C=O) groups excluding carboxylic acids is 1. The van der Waals surface area contributed by atoms with Crippen molar-refractivity contribution in [2.45, 2.75) is 32.4 Å². The Morgan fingerprint density at radius 1 is 1.52 bits per heavy atom. The first kappa shape index (κ1) is 16.0. The number of likely N-dealkylation sites (tertiary alicyclic amines) is 1. The predicted octanol–water partition coefficient (Wildman–Crippen LogP) is 0.887. The quantitative estimate of drug-likeness (QED) is 0.805. The number of aromatic nitrogens is 5. The molecule has 1 atom stereocenters. The summed E-state index contributed by atoms with van der Waals surface area (Å²) in [6, 6.07) is 0.0872. The van der Waals surface area contributed by atoms with Crippen molar-refractivity contribution < 1.29 is 9.53 Å². The number of hydrogen-bond acceptors (Lipinski definition) is 8. The number of rotatable bonds is 6.